The molecule has 0 saturated heterocycles. The van der Waals surface area contributed by atoms with Crippen LogP contribution in [-0.4, -0.2) is 14.5 Å². The summed E-state index contributed by atoms with van der Waals surface area (Å²) in [5, 5.41) is 0. The summed E-state index contributed by atoms with van der Waals surface area (Å²) in [6.45, 7) is 6.14. The Kier molecular flexibility index (Phi) is 4.52. The molecule has 5 heteroatoms. The second-order valence-electron chi connectivity index (χ2n) is 6.00. The van der Waals surface area contributed by atoms with Crippen LogP contribution in [0.4, 0.5) is 0 Å². The van der Waals surface area contributed by atoms with Gasteiger partial charge in [0, 0.05) is 12.1 Å². The van der Waals surface area contributed by atoms with E-state index in [9.17, 15) is 8.42 Å². The summed E-state index contributed by atoms with van der Waals surface area (Å²) in [6.07, 6.45) is 1.99. The number of hydrogen-bond donors (Lipinski definition) is 2. The average Bonchev–Trinajstić information content (AvgIpc) is 2.70. The first-order chi connectivity index (χ1) is 9.31. The Balaban J connectivity index is 2.20. The van der Waals surface area contributed by atoms with Crippen LogP contribution in [0.5, 0.6) is 0 Å². The van der Waals surface area contributed by atoms with Crippen LogP contribution >= 0.6 is 0 Å². The highest BCUT2D eigenvalue weighted by Crippen LogP contribution is 2.32. The van der Waals surface area contributed by atoms with Crippen LogP contribution in [0.1, 0.15) is 45.2 Å². The summed E-state index contributed by atoms with van der Waals surface area (Å²) in [5.74, 6) is 0.944. The van der Waals surface area contributed by atoms with E-state index in [0.29, 0.717) is 16.7 Å². The average molecular weight is 296 g/mol. The summed E-state index contributed by atoms with van der Waals surface area (Å²) in [7, 11) is -3.46. The molecule has 4 unspecified atom stereocenters. The fourth-order valence-corrected chi connectivity index (χ4v) is 4.18. The Hall–Kier alpha value is -0.910. The zero-order chi connectivity index (χ0) is 14.9. The lowest BCUT2D eigenvalue weighted by Crippen LogP contribution is -2.37. The van der Waals surface area contributed by atoms with Crippen LogP contribution in [0.2, 0.25) is 0 Å². The lowest BCUT2D eigenvalue weighted by atomic mass is 9.98. The summed E-state index contributed by atoms with van der Waals surface area (Å²) in [5.41, 5.74) is 6.65. The predicted molar refractivity (Wildman–Crippen MR) is 80.7 cm³/mol. The molecule has 0 spiro atoms. The van der Waals surface area contributed by atoms with Crippen LogP contribution in [0, 0.1) is 11.8 Å². The first-order valence-electron chi connectivity index (χ1n) is 7.19. The molecule has 4 nitrogen and oxygen atoms in total. The lowest BCUT2D eigenvalue weighted by Gasteiger charge is -2.20. The quantitative estimate of drug-likeness (QED) is 0.896. The summed E-state index contributed by atoms with van der Waals surface area (Å²) in [6, 6.07) is 6.75. The van der Waals surface area contributed by atoms with E-state index in [0.717, 1.165) is 18.4 Å². The van der Waals surface area contributed by atoms with E-state index in [2.05, 4.69) is 18.6 Å². The third kappa shape index (κ3) is 3.22. The molecule has 0 radical (unpaired) electrons. The van der Waals surface area contributed by atoms with Crippen molar-refractivity contribution in [1.82, 2.24) is 4.72 Å². The molecule has 1 aliphatic carbocycles. The minimum Gasteiger partial charge on any atom is -0.324 e. The Labute approximate surface area is 121 Å². The second kappa shape index (κ2) is 5.84. The van der Waals surface area contributed by atoms with Crippen LogP contribution in [0.25, 0.3) is 0 Å². The molecule has 4 atom stereocenters. The smallest absolute Gasteiger partial charge is 0.240 e. The van der Waals surface area contributed by atoms with Crippen molar-refractivity contribution >= 4 is 10.0 Å². The maximum atomic E-state index is 12.5. The van der Waals surface area contributed by atoms with E-state index < -0.39 is 10.0 Å². The molecule has 1 aliphatic rings. The largest absolute Gasteiger partial charge is 0.324 e. The number of nitrogens with one attached hydrogen (secondary N) is 1. The number of nitrogens with two attached hydrogens (primary N) is 1. The van der Waals surface area contributed by atoms with Gasteiger partial charge in [-0.05, 0) is 49.3 Å². The first kappa shape index (κ1) is 15.5. The zero-order valence-electron chi connectivity index (χ0n) is 12.3. The molecule has 1 fully saturated rings. The normalized spacial score (nSPS) is 28.5. The molecule has 0 aromatic heterocycles. The first-order valence-corrected chi connectivity index (χ1v) is 8.67. The third-order valence-electron chi connectivity index (χ3n) is 4.47. The predicted octanol–water partition coefficient (Wildman–Crippen LogP) is 2.42. The van der Waals surface area contributed by atoms with Crippen molar-refractivity contribution in [1.29, 1.82) is 0 Å². The van der Waals surface area contributed by atoms with E-state index in [1.54, 1.807) is 18.2 Å². The van der Waals surface area contributed by atoms with Crippen molar-refractivity contribution < 1.29 is 8.42 Å². The topological polar surface area (TPSA) is 72.2 Å². The minimum absolute atomic E-state index is 0.0361. The van der Waals surface area contributed by atoms with Crippen molar-refractivity contribution in [2.75, 3.05) is 0 Å². The van der Waals surface area contributed by atoms with E-state index in [4.69, 9.17) is 5.73 Å². The zero-order valence-corrected chi connectivity index (χ0v) is 13.2. The Morgan fingerprint density at radius 3 is 2.55 bits per heavy atom. The molecule has 1 saturated carbocycles. The van der Waals surface area contributed by atoms with Gasteiger partial charge in [-0.1, -0.05) is 26.0 Å². The summed E-state index contributed by atoms with van der Waals surface area (Å²) < 4.78 is 27.8. The molecule has 1 aromatic rings. The van der Waals surface area contributed by atoms with Crippen LogP contribution in [-0.2, 0) is 10.0 Å². The van der Waals surface area contributed by atoms with Gasteiger partial charge in [0.25, 0.3) is 0 Å². The number of sulfonamides is 1. The Morgan fingerprint density at radius 1 is 1.30 bits per heavy atom. The molecule has 0 heterocycles. The number of rotatable bonds is 4. The summed E-state index contributed by atoms with van der Waals surface area (Å²) >= 11 is 0. The molecular formula is C15H24N2O2S. The van der Waals surface area contributed by atoms with Gasteiger partial charge in [-0.25, -0.2) is 13.1 Å². The van der Waals surface area contributed by atoms with Gasteiger partial charge in [0.2, 0.25) is 10.0 Å². The van der Waals surface area contributed by atoms with E-state index in [1.807, 2.05) is 13.0 Å². The molecular weight excluding hydrogens is 272 g/mol. The van der Waals surface area contributed by atoms with Gasteiger partial charge < -0.3 is 5.73 Å². The van der Waals surface area contributed by atoms with Crippen molar-refractivity contribution in [3.63, 3.8) is 0 Å². The van der Waals surface area contributed by atoms with Crippen molar-refractivity contribution in [3.8, 4) is 0 Å². The highest BCUT2D eigenvalue weighted by atomic mass is 32.2. The third-order valence-corrected chi connectivity index (χ3v) is 5.95. The highest BCUT2D eigenvalue weighted by Gasteiger charge is 2.33. The molecule has 2 rings (SSSR count). The fourth-order valence-electron chi connectivity index (χ4n) is 2.76. The van der Waals surface area contributed by atoms with Gasteiger partial charge in [-0.2, -0.15) is 0 Å². The van der Waals surface area contributed by atoms with E-state index in [1.165, 1.54) is 0 Å². The van der Waals surface area contributed by atoms with Gasteiger partial charge in [-0.15, -0.1) is 0 Å². The Bertz CT molecular complexity index is 569. The van der Waals surface area contributed by atoms with Gasteiger partial charge >= 0.3 is 0 Å². The molecule has 112 valence electrons. The molecule has 0 aliphatic heterocycles. The SMILES string of the molecule is CC(N)c1cccc(S(=O)(=O)NC2CCC(C)C2C)c1. The highest BCUT2D eigenvalue weighted by molar-refractivity contribution is 7.89. The van der Waals surface area contributed by atoms with Gasteiger partial charge in [0.05, 0.1) is 4.90 Å². The molecule has 0 bridgehead atoms. The van der Waals surface area contributed by atoms with Crippen LogP contribution in [0.3, 0.4) is 0 Å². The Morgan fingerprint density at radius 2 is 2.00 bits per heavy atom. The van der Waals surface area contributed by atoms with Crippen molar-refractivity contribution in [2.24, 2.45) is 17.6 Å². The molecule has 0 amide bonds. The van der Waals surface area contributed by atoms with Gasteiger partial charge in [0.1, 0.15) is 0 Å². The number of hydrogen-bond acceptors (Lipinski definition) is 3. The van der Waals surface area contributed by atoms with E-state index >= 15 is 0 Å². The minimum atomic E-state index is -3.46. The van der Waals surface area contributed by atoms with E-state index in [-0.39, 0.29) is 12.1 Å². The monoisotopic (exact) mass is 296 g/mol. The van der Waals surface area contributed by atoms with Gasteiger partial charge in [-0.3, -0.25) is 0 Å². The molecule has 20 heavy (non-hydrogen) atoms. The standard InChI is InChI=1S/C15H24N2O2S/c1-10-7-8-15(11(10)2)17-20(18,19)14-6-4-5-13(9-14)12(3)16/h4-6,9-12,15,17H,7-8,16H2,1-3H3. The number of benzene rings is 1. The summed E-state index contributed by atoms with van der Waals surface area (Å²) in [4.78, 5) is 0.305. The fraction of sp³-hybridized carbons (Fsp3) is 0.600. The van der Waals surface area contributed by atoms with Crippen molar-refractivity contribution in [2.45, 2.75) is 50.6 Å². The molecule has 3 N–H and O–H groups in total. The maximum absolute atomic E-state index is 12.5. The van der Waals surface area contributed by atoms with Crippen molar-refractivity contribution in [3.05, 3.63) is 29.8 Å². The molecule has 1 aromatic carbocycles. The lowest BCUT2D eigenvalue weighted by molar-refractivity contribution is 0.402. The second-order valence-corrected chi connectivity index (χ2v) is 7.72. The van der Waals surface area contributed by atoms with Crippen LogP contribution in [0.15, 0.2) is 29.2 Å². The van der Waals surface area contributed by atoms with Crippen LogP contribution < -0.4 is 10.5 Å². The van der Waals surface area contributed by atoms with Gasteiger partial charge in [0.15, 0.2) is 0 Å². The maximum Gasteiger partial charge on any atom is 0.240 e.